The zero-order valence-corrected chi connectivity index (χ0v) is 12.6. The minimum atomic E-state index is -0.318. The third-order valence-electron chi connectivity index (χ3n) is 2.77. The maximum atomic E-state index is 13.6. The molecule has 0 aliphatic rings. The van der Waals surface area contributed by atoms with Crippen LogP contribution >= 0.6 is 15.9 Å². The summed E-state index contributed by atoms with van der Waals surface area (Å²) >= 11 is 3.14. The summed E-state index contributed by atoms with van der Waals surface area (Å²) in [4.78, 5) is 8.86. The van der Waals surface area contributed by atoms with Gasteiger partial charge >= 0.3 is 0 Å². The van der Waals surface area contributed by atoms with Gasteiger partial charge in [0, 0.05) is 24.4 Å². The van der Waals surface area contributed by atoms with Crippen molar-refractivity contribution >= 4 is 21.7 Å². The average Bonchev–Trinajstić information content (AvgIpc) is 2.41. The molecule has 0 saturated heterocycles. The van der Waals surface area contributed by atoms with E-state index in [0.717, 1.165) is 11.5 Å². The fourth-order valence-corrected chi connectivity index (χ4v) is 1.90. The van der Waals surface area contributed by atoms with Gasteiger partial charge in [-0.2, -0.15) is 0 Å². The van der Waals surface area contributed by atoms with Crippen LogP contribution in [-0.4, -0.2) is 17.0 Å². The molecule has 0 amide bonds. The van der Waals surface area contributed by atoms with Gasteiger partial charge in [0.2, 0.25) is 0 Å². The summed E-state index contributed by atoms with van der Waals surface area (Å²) in [5.74, 6) is 1.23. The van der Waals surface area contributed by atoms with E-state index in [-0.39, 0.29) is 11.7 Å². The van der Waals surface area contributed by atoms with Gasteiger partial charge in [-0.3, -0.25) is 0 Å². The Balaban J connectivity index is 2.54. The topological polar surface area (TPSA) is 37.8 Å². The van der Waals surface area contributed by atoms with Crippen molar-refractivity contribution in [2.24, 2.45) is 0 Å². The van der Waals surface area contributed by atoms with E-state index >= 15 is 0 Å². The number of nitrogens with zero attached hydrogens (tertiary/aromatic N) is 2. The number of anilines is 1. The predicted octanol–water partition coefficient (Wildman–Crippen LogP) is 4.21. The van der Waals surface area contributed by atoms with Gasteiger partial charge < -0.3 is 5.32 Å². The molecule has 0 unspecified atom stereocenters. The number of benzene rings is 1. The molecule has 1 aromatic heterocycles. The molecule has 1 N–H and O–H groups in total. The first kappa shape index (κ1) is 13.9. The first-order valence-corrected chi connectivity index (χ1v) is 6.82. The first-order chi connectivity index (χ1) is 9.01. The van der Waals surface area contributed by atoms with Crippen molar-refractivity contribution in [1.29, 1.82) is 0 Å². The summed E-state index contributed by atoms with van der Waals surface area (Å²) in [6, 6.07) is 6.80. The maximum absolute atomic E-state index is 13.6. The molecule has 1 heterocycles. The lowest BCUT2D eigenvalue weighted by Gasteiger charge is -2.10. The highest BCUT2D eigenvalue weighted by Crippen LogP contribution is 2.25. The molecule has 0 saturated carbocycles. The quantitative estimate of drug-likeness (QED) is 0.919. The van der Waals surface area contributed by atoms with E-state index in [1.165, 1.54) is 6.07 Å². The molecule has 0 fully saturated rings. The SMILES string of the molecule is CNc1cc(C(C)C)nc(-c2ccc(Br)c(F)c2)n1. The molecule has 2 aromatic rings. The fraction of sp³-hybridized carbons (Fsp3) is 0.286. The molecule has 1 aromatic carbocycles. The number of rotatable bonds is 3. The Hall–Kier alpha value is -1.49. The van der Waals surface area contributed by atoms with Gasteiger partial charge in [-0.15, -0.1) is 0 Å². The van der Waals surface area contributed by atoms with Crippen molar-refractivity contribution in [2.45, 2.75) is 19.8 Å². The molecule has 0 bridgehead atoms. The van der Waals surface area contributed by atoms with Gasteiger partial charge in [0.15, 0.2) is 5.82 Å². The number of hydrogen-bond donors (Lipinski definition) is 1. The predicted molar refractivity (Wildman–Crippen MR) is 78.8 cm³/mol. The van der Waals surface area contributed by atoms with Crippen LogP contribution in [0.4, 0.5) is 10.2 Å². The Morgan fingerprint density at radius 2 is 1.95 bits per heavy atom. The van der Waals surface area contributed by atoms with Crippen molar-refractivity contribution in [1.82, 2.24) is 9.97 Å². The van der Waals surface area contributed by atoms with Gasteiger partial charge in [-0.25, -0.2) is 14.4 Å². The molecule has 0 aliphatic carbocycles. The van der Waals surface area contributed by atoms with Gasteiger partial charge in [0.1, 0.15) is 11.6 Å². The first-order valence-electron chi connectivity index (χ1n) is 6.03. The van der Waals surface area contributed by atoms with Crippen LogP contribution in [0.2, 0.25) is 0 Å². The lowest BCUT2D eigenvalue weighted by molar-refractivity contribution is 0.621. The van der Waals surface area contributed by atoms with Crippen molar-refractivity contribution in [3.63, 3.8) is 0 Å². The average molecular weight is 324 g/mol. The Morgan fingerprint density at radius 1 is 1.21 bits per heavy atom. The van der Waals surface area contributed by atoms with Crippen molar-refractivity contribution in [2.75, 3.05) is 12.4 Å². The zero-order valence-electron chi connectivity index (χ0n) is 11.0. The van der Waals surface area contributed by atoms with Crippen LogP contribution in [0.15, 0.2) is 28.7 Å². The molecule has 5 heteroatoms. The van der Waals surface area contributed by atoms with E-state index in [2.05, 4.69) is 45.1 Å². The van der Waals surface area contributed by atoms with Gasteiger partial charge in [-0.05, 0) is 40.0 Å². The number of nitrogens with one attached hydrogen (secondary N) is 1. The van der Waals surface area contributed by atoms with Crippen LogP contribution in [0.25, 0.3) is 11.4 Å². The Labute approximate surface area is 120 Å². The second-order valence-corrected chi connectivity index (χ2v) is 5.39. The van der Waals surface area contributed by atoms with E-state index in [0.29, 0.717) is 15.9 Å². The summed E-state index contributed by atoms with van der Waals surface area (Å²) in [5.41, 5.74) is 1.59. The van der Waals surface area contributed by atoms with Crippen molar-refractivity contribution < 1.29 is 4.39 Å². The highest BCUT2D eigenvalue weighted by molar-refractivity contribution is 9.10. The normalized spacial score (nSPS) is 10.8. The van der Waals surface area contributed by atoms with Crippen LogP contribution in [0.3, 0.4) is 0 Å². The minimum absolute atomic E-state index is 0.286. The second-order valence-electron chi connectivity index (χ2n) is 4.54. The van der Waals surface area contributed by atoms with E-state index in [9.17, 15) is 4.39 Å². The monoisotopic (exact) mass is 323 g/mol. The van der Waals surface area contributed by atoms with Crippen LogP contribution in [-0.2, 0) is 0 Å². The lowest BCUT2D eigenvalue weighted by Crippen LogP contribution is -2.02. The number of halogens is 2. The summed E-state index contributed by atoms with van der Waals surface area (Å²) < 4.78 is 14.0. The summed E-state index contributed by atoms with van der Waals surface area (Å²) in [6.45, 7) is 4.13. The second kappa shape index (κ2) is 5.65. The van der Waals surface area contributed by atoms with Crippen LogP contribution < -0.4 is 5.32 Å². The third-order valence-corrected chi connectivity index (χ3v) is 3.41. The zero-order chi connectivity index (χ0) is 14.0. The van der Waals surface area contributed by atoms with E-state index in [1.807, 2.05) is 6.07 Å². The molecule has 0 aliphatic heterocycles. The fourth-order valence-electron chi connectivity index (χ4n) is 1.65. The minimum Gasteiger partial charge on any atom is -0.373 e. The Kier molecular flexibility index (Phi) is 4.14. The van der Waals surface area contributed by atoms with Crippen LogP contribution in [0.1, 0.15) is 25.5 Å². The molecule has 0 atom stereocenters. The molecule has 100 valence electrons. The Bertz CT molecular complexity index is 599. The number of hydrogen-bond acceptors (Lipinski definition) is 3. The highest BCUT2D eigenvalue weighted by atomic mass is 79.9. The van der Waals surface area contributed by atoms with Crippen molar-refractivity contribution in [3.05, 3.63) is 40.2 Å². The third kappa shape index (κ3) is 3.10. The van der Waals surface area contributed by atoms with Crippen LogP contribution in [0.5, 0.6) is 0 Å². The smallest absolute Gasteiger partial charge is 0.161 e. The summed E-state index contributed by atoms with van der Waals surface area (Å²) in [5, 5.41) is 3.00. The van der Waals surface area contributed by atoms with Gasteiger partial charge in [-0.1, -0.05) is 13.8 Å². The largest absolute Gasteiger partial charge is 0.373 e. The van der Waals surface area contributed by atoms with E-state index in [1.54, 1.807) is 19.2 Å². The highest BCUT2D eigenvalue weighted by Gasteiger charge is 2.10. The van der Waals surface area contributed by atoms with E-state index < -0.39 is 0 Å². The summed E-state index contributed by atoms with van der Waals surface area (Å²) in [6.07, 6.45) is 0. The van der Waals surface area contributed by atoms with Crippen molar-refractivity contribution in [3.8, 4) is 11.4 Å². The molecule has 2 rings (SSSR count). The molecule has 0 radical (unpaired) electrons. The standard InChI is InChI=1S/C14H15BrFN3/c1-8(2)12-7-13(17-3)19-14(18-12)9-4-5-10(15)11(16)6-9/h4-8H,1-3H3,(H,17,18,19). The molecule has 3 nitrogen and oxygen atoms in total. The van der Waals surface area contributed by atoms with Gasteiger partial charge in [0.05, 0.1) is 4.47 Å². The molecule has 19 heavy (non-hydrogen) atoms. The van der Waals surface area contributed by atoms with Crippen LogP contribution in [0, 0.1) is 5.82 Å². The molecule has 0 spiro atoms. The van der Waals surface area contributed by atoms with E-state index in [4.69, 9.17) is 0 Å². The summed E-state index contributed by atoms with van der Waals surface area (Å²) in [7, 11) is 1.80. The Morgan fingerprint density at radius 3 is 2.53 bits per heavy atom. The molecular formula is C14H15BrFN3. The lowest BCUT2D eigenvalue weighted by atomic mass is 10.1. The van der Waals surface area contributed by atoms with Gasteiger partial charge in [0.25, 0.3) is 0 Å². The molecular weight excluding hydrogens is 309 g/mol. The number of aromatic nitrogens is 2. The maximum Gasteiger partial charge on any atom is 0.161 e.